The summed E-state index contributed by atoms with van der Waals surface area (Å²) in [6, 6.07) is 2.37. The molecule has 1 unspecified atom stereocenters. The molecule has 2 rings (SSSR count). The van der Waals surface area contributed by atoms with E-state index in [4.69, 9.17) is 18.0 Å². The average Bonchev–Trinajstić information content (AvgIpc) is 2.46. The molecule has 3 N–H and O–H groups in total. The zero-order valence-corrected chi connectivity index (χ0v) is 12.2. The Kier molecular flexibility index (Phi) is 5.10. The number of nitrogens with two attached hydrogens (primary N) is 1. The average molecular weight is 278 g/mol. The van der Waals surface area contributed by atoms with Gasteiger partial charge in [0, 0.05) is 24.3 Å². The Labute approximate surface area is 120 Å². The predicted molar refractivity (Wildman–Crippen MR) is 83.5 cm³/mol. The Bertz CT molecular complexity index is 429. The van der Waals surface area contributed by atoms with Crippen LogP contribution in [-0.2, 0) is 0 Å². The number of hydrogen-bond donors (Lipinski definition) is 2. The van der Waals surface area contributed by atoms with Crippen molar-refractivity contribution in [2.75, 3.05) is 25.0 Å². The van der Waals surface area contributed by atoms with Crippen LogP contribution in [0.1, 0.15) is 31.7 Å². The molecule has 5 heteroatoms. The number of likely N-dealkylation sites (tertiary alicyclic amines) is 1. The molecule has 4 nitrogen and oxygen atoms in total. The molecular weight excluding hydrogens is 256 g/mol. The van der Waals surface area contributed by atoms with Crippen molar-refractivity contribution in [2.24, 2.45) is 5.73 Å². The predicted octanol–water partition coefficient (Wildman–Crippen LogP) is 2.00. The van der Waals surface area contributed by atoms with Crippen molar-refractivity contribution in [3.63, 3.8) is 0 Å². The maximum Gasteiger partial charge on any atom is 0.106 e. The highest BCUT2D eigenvalue weighted by molar-refractivity contribution is 7.80. The number of rotatable bonds is 5. The fourth-order valence-corrected chi connectivity index (χ4v) is 2.67. The van der Waals surface area contributed by atoms with Crippen molar-refractivity contribution >= 4 is 22.9 Å². The van der Waals surface area contributed by atoms with Crippen LogP contribution in [0.5, 0.6) is 0 Å². The van der Waals surface area contributed by atoms with Crippen LogP contribution >= 0.6 is 12.2 Å². The second-order valence-corrected chi connectivity index (χ2v) is 5.55. The molecule has 1 aliphatic heterocycles. The highest BCUT2D eigenvalue weighted by Gasteiger charge is 2.16. The number of nitrogens with one attached hydrogen (secondary N) is 1. The largest absolute Gasteiger partial charge is 0.389 e. The van der Waals surface area contributed by atoms with Crippen LogP contribution in [0.2, 0.25) is 0 Å². The van der Waals surface area contributed by atoms with Crippen LogP contribution in [0, 0.1) is 0 Å². The summed E-state index contributed by atoms with van der Waals surface area (Å²) in [7, 11) is 0. The van der Waals surface area contributed by atoms with Crippen LogP contribution in [-0.4, -0.2) is 40.5 Å². The van der Waals surface area contributed by atoms with Crippen molar-refractivity contribution in [1.82, 2.24) is 9.88 Å². The standard InChI is InChI=1S/C14H22N4S/c1-11(18-7-3-2-4-8-18)9-17-13-10-16-6-5-12(13)14(15)19/h5-6,10-11,17H,2-4,7-9H2,1H3,(H2,15,19). The van der Waals surface area contributed by atoms with Crippen molar-refractivity contribution in [1.29, 1.82) is 0 Å². The first-order valence-corrected chi connectivity index (χ1v) is 7.31. The van der Waals surface area contributed by atoms with E-state index in [1.807, 2.05) is 6.07 Å². The lowest BCUT2D eigenvalue weighted by Crippen LogP contribution is -2.41. The van der Waals surface area contributed by atoms with Crippen LogP contribution in [0.25, 0.3) is 0 Å². The number of anilines is 1. The lowest BCUT2D eigenvalue weighted by molar-refractivity contribution is 0.180. The minimum absolute atomic E-state index is 0.413. The second-order valence-electron chi connectivity index (χ2n) is 5.11. The van der Waals surface area contributed by atoms with Crippen molar-refractivity contribution in [3.05, 3.63) is 24.0 Å². The van der Waals surface area contributed by atoms with E-state index in [1.165, 1.54) is 32.4 Å². The molecule has 1 atom stereocenters. The summed E-state index contributed by atoms with van der Waals surface area (Å²) in [5.41, 5.74) is 7.52. The molecule has 0 saturated carbocycles. The van der Waals surface area contributed by atoms with Crippen molar-refractivity contribution < 1.29 is 0 Å². The Morgan fingerprint density at radius 2 is 2.21 bits per heavy atom. The topological polar surface area (TPSA) is 54.2 Å². The van der Waals surface area contributed by atoms with E-state index in [0.717, 1.165) is 17.8 Å². The van der Waals surface area contributed by atoms with Gasteiger partial charge >= 0.3 is 0 Å². The van der Waals surface area contributed by atoms with E-state index < -0.39 is 0 Å². The van der Waals surface area contributed by atoms with Gasteiger partial charge in [-0.05, 0) is 38.9 Å². The quantitative estimate of drug-likeness (QED) is 0.807. The molecule has 1 aromatic rings. The Morgan fingerprint density at radius 3 is 2.89 bits per heavy atom. The molecule has 1 fully saturated rings. The van der Waals surface area contributed by atoms with Gasteiger partial charge in [0.1, 0.15) is 4.99 Å². The van der Waals surface area contributed by atoms with Gasteiger partial charge in [0.2, 0.25) is 0 Å². The number of hydrogen-bond acceptors (Lipinski definition) is 4. The first-order valence-electron chi connectivity index (χ1n) is 6.90. The van der Waals surface area contributed by atoms with Crippen LogP contribution in [0.4, 0.5) is 5.69 Å². The van der Waals surface area contributed by atoms with E-state index in [9.17, 15) is 0 Å². The van der Waals surface area contributed by atoms with Gasteiger partial charge in [0.05, 0.1) is 11.9 Å². The SMILES string of the molecule is CC(CNc1cnccc1C(N)=S)N1CCCCC1. The van der Waals surface area contributed by atoms with E-state index >= 15 is 0 Å². The molecule has 1 aliphatic rings. The smallest absolute Gasteiger partial charge is 0.106 e. The van der Waals surface area contributed by atoms with Gasteiger partial charge in [-0.3, -0.25) is 9.88 Å². The van der Waals surface area contributed by atoms with Gasteiger partial charge in [-0.1, -0.05) is 18.6 Å². The van der Waals surface area contributed by atoms with Crippen molar-refractivity contribution in [3.8, 4) is 0 Å². The lowest BCUT2D eigenvalue weighted by Gasteiger charge is -2.32. The molecule has 0 bridgehead atoms. The summed E-state index contributed by atoms with van der Waals surface area (Å²) < 4.78 is 0. The number of pyridine rings is 1. The third-order valence-electron chi connectivity index (χ3n) is 3.69. The fraction of sp³-hybridized carbons (Fsp3) is 0.571. The van der Waals surface area contributed by atoms with Crippen molar-refractivity contribution in [2.45, 2.75) is 32.2 Å². The zero-order chi connectivity index (χ0) is 13.7. The minimum atomic E-state index is 0.413. The maximum absolute atomic E-state index is 5.72. The Balaban J connectivity index is 1.92. The summed E-state index contributed by atoms with van der Waals surface area (Å²) in [5, 5.41) is 3.42. The molecule has 1 aromatic heterocycles. The first-order chi connectivity index (χ1) is 9.18. The molecule has 0 spiro atoms. The molecule has 2 heterocycles. The second kappa shape index (κ2) is 6.82. The van der Waals surface area contributed by atoms with E-state index in [2.05, 4.69) is 22.1 Å². The van der Waals surface area contributed by atoms with Gasteiger partial charge in [-0.2, -0.15) is 0 Å². The molecular formula is C14H22N4S. The Hall–Kier alpha value is -1.20. The summed E-state index contributed by atoms with van der Waals surface area (Å²) >= 11 is 5.05. The maximum atomic E-state index is 5.72. The molecule has 19 heavy (non-hydrogen) atoms. The monoisotopic (exact) mass is 278 g/mol. The van der Waals surface area contributed by atoms with E-state index in [1.54, 1.807) is 12.4 Å². The van der Waals surface area contributed by atoms with Gasteiger partial charge in [0.25, 0.3) is 0 Å². The van der Waals surface area contributed by atoms with Gasteiger partial charge in [0.15, 0.2) is 0 Å². The summed E-state index contributed by atoms with van der Waals surface area (Å²) in [5.74, 6) is 0. The molecule has 104 valence electrons. The highest BCUT2D eigenvalue weighted by atomic mass is 32.1. The molecule has 1 saturated heterocycles. The zero-order valence-electron chi connectivity index (χ0n) is 11.4. The molecule has 0 amide bonds. The minimum Gasteiger partial charge on any atom is -0.389 e. The molecule has 0 aliphatic carbocycles. The molecule has 0 aromatic carbocycles. The van der Waals surface area contributed by atoms with Crippen LogP contribution in [0.3, 0.4) is 0 Å². The van der Waals surface area contributed by atoms with E-state index in [-0.39, 0.29) is 0 Å². The summed E-state index contributed by atoms with van der Waals surface area (Å²) in [6.45, 7) is 5.56. The molecule has 0 radical (unpaired) electrons. The van der Waals surface area contributed by atoms with Gasteiger partial charge in [-0.15, -0.1) is 0 Å². The lowest BCUT2D eigenvalue weighted by atomic mass is 10.1. The summed E-state index contributed by atoms with van der Waals surface area (Å²) in [4.78, 5) is 7.07. The van der Waals surface area contributed by atoms with Gasteiger partial charge < -0.3 is 11.1 Å². The number of thiocarbonyl (C=S) groups is 1. The number of nitrogens with zero attached hydrogens (tertiary/aromatic N) is 2. The number of piperidine rings is 1. The van der Waals surface area contributed by atoms with Crippen LogP contribution in [0.15, 0.2) is 18.5 Å². The third-order valence-corrected chi connectivity index (χ3v) is 3.91. The van der Waals surface area contributed by atoms with Crippen LogP contribution < -0.4 is 11.1 Å². The Morgan fingerprint density at radius 1 is 1.47 bits per heavy atom. The third kappa shape index (κ3) is 3.88. The van der Waals surface area contributed by atoms with E-state index in [0.29, 0.717) is 11.0 Å². The summed E-state index contributed by atoms with van der Waals surface area (Å²) in [6.07, 6.45) is 7.50. The normalized spacial score (nSPS) is 17.9. The van der Waals surface area contributed by atoms with Gasteiger partial charge in [-0.25, -0.2) is 0 Å². The fourth-order valence-electron chi connectivity index (χ4n) is 2.50. The highest BCUT2D eigenvalue weighted by Crippen LogP contribution is 2.15. The first kappa shape index (κ1) is 14.2. The number of aromatic nitrogens is 1.